The minimum absolute atomic E-state index is 0.0886. The number of rotatable bonds is 3. The van der Waals surface area contributed by atoms with Crippen LogP contribution in [0.1, 0.15) is 12.8 Å². The van der Waals surface area contributed by atoms with Crippen molar-refractivity contribution >= 4 is 26.9 Å². The van der Waals surface area contributed by atoms with E-state index in [1.54, 1.807) is 6.08 Å². The van der Waals surface area contributed by atoms with Gasteiger partial charge in [-0.25, -0.2) is 0 Å². The van der Waals surface area contributed by atoms with Gasteiger partial charge in [0.05, 0.1) is 5.44 Å². The zero-order valence-corrected chi connectivity index (χ0v) is 8.84. The Labute approximate surface area is 83.6 Å². The predicted molar refractivity (Wildman–Crippen MR) is 54.2 cm³/mol. The number of amides is 1. The van der Waals surface area contributed by atoms with Gasteiger partial charge >= 0.3 is 0 Å². The van der Waals surface area contributed by atoms with Crippen LogP contribution in [0.2, 0.25) is 0 Å². The molecule has 1 aliphatic rings. The molecule has 0 bridgehead atoms. The molecule has 0 saturated carbocycles. The van der Waals surface area contributed by atoms with Gasteiger partial charge in [0, 0.05) is 13.0 Å². The molecule has 0 aromatic heterocycles. The molecule has 1 aliphatic heterocycles. The summed E-state index contributed by atoms with van der Waals surface area (Å²) in [4.78, 5) is 30.8. The maximum atomic E-state index is 11.4. The van der Waals surface area contributed by atoms with Gasteiger partial charge in [-0.2, -0.15) is 12.6 Å². The van der Waals surface area contributed by atoms with Crippen molar-refractivity contribution in [3.63, 3.8) is 0 Å². The highest BCUT2D eigenvalue weighted by atomic mass is 32.1. The third kappa shape index (κ3) is 2.68. The zero-order valence-electron chi connectivity index (χ0n) is 7.05. The largest absolute Gasteiger partial charge is 0.346 e. The Morgan fingerprint density at radius 3 is 2.92 bits per heavy atom. The van der Waals surface area contributed by atoms with Crippen LogP contribution in [0.25, 0.3) is 0 Å². The van der Waals surface area contributed by atoms with Gasteiger partial charge in [-0.3, -0.25) is 4.79 Å². The summed E-state index contributed by atoms with van der Waals surface area (Å²) in [5.74, 6) is 0.395. The fraction of sp³-hybridized carbons (Fsp3) is 0.571. The second-order valence-corrected chi connectivity index (χ2v) is 4.14. The first-order chi connectivity index (χ1) is 6.16. The van der Waals surface area contributed by atoms with Crippen molar-refractivity contribution < 1.29 is 14.6 Å². The molecule has 1 heterocycles. The Balaban J connectivity index is 2.60. The quantitative estimate of drug-likeness (QED) is 0.485. The molecule has 2 N–H and O–H groups in total. The normalized spacial score (nSPS) is 16.6. The van der Waals surface area contributed by atoms with Crippen LogP contribution in [-0.2, 0) is 4.79 Å². The van der Waals surface area contributed by atoms with E-state index in [2.05, 4.69) is 12.6 Å². The molecule has 0 radical (unpaired) electrons. The summed E-state index contributed by atoms with van der Waals surface area (Å²) in [6, 6.07) is 0. The fourth-order valence-electron chi connectivity index (χ4n) is 1.22. The van der Waals surface area contributed by atoms with Crippen LogP contribution in [0.15, 0.2) is 11.5 Å². The first-order valence-electron chi connectivity index (χ1n) is 3.96. The van der Waals surface area contributed by atoms with E-state index in [0.29, 0.717) is 30.6 Å². The summed E-state index contributed by atoms with van der Waals surface area (Å²) in [5.41, 5.74) is 0.363. The van der Waals surface area contributed by atoms with Crippen molar-refractivity contribution in [2.45, 2.75) is 12.8 Å². The van der Waals surface area contributed by atoms with Crippen LogP contribution < -0.4 is 0 Å². The van der Waals surface area contributed by atoms with Crippen molar-refractivity contribution in [3.8, 4) is 0 Å². The topological polar surface area (TPSA) is 60.8 Å². The van der Waals surface area contributed by atoms with Crippen molar-refractivity contribution in [3.05, 3.63) is 11.5 Å². The second kappa shape index (κ2) is 4.96. The summed E-state index contributed by atoms with van der Waals surface area (Å²) in [7, 11) is -2.14. The molecular formula is C7H12NO3PS. The minimum atomic E-state index is -2.14. The van der Waals surface area contributed by atoms with Crippen LogP contribution in [0.5, 0.6) is 0 Å². The van der Waals surface area contributed by atoms with E-state index in [4.69, 9.17) is 9.79 Å². The monoisotopic (exact) mass is 221 g/mol. The Morgan fingerprint density at radius 1 is 1.69 bits per heavy atom. The molecule has 1 amide bonds. The lowest BCUT2D eigenvalue weighted by atomic mass is 10.4. The molecule has 74 valence electrons. The highest BCUT2D eigenvalue weighted by Gasteiger charge is 2.25. The second-order valence-electron chi connectivity index (χ2n) is 2.66. The van der Waals surface area contributed by atoms with Gasteiger partial charge in [-0.15, -0.1) is 0 Å². The summed E-state index contributed by atoms with van der Waals surface area (Å²) in [5, 5.41) is 0. The molecule has 13 heavy (non-hydrogen) atoms. The van der Waals surface area contributed by atoms with Gasteiger partial charge in [0.2, 0.25) is 14.3 Å². The average molecular weight is 221 g/mol. The van der Waals surface area contributed by atoms with Gasteiger partial charge in [0.1, 0.15) is 0 Å². The molecule has 0 spiro atoms. The van der Waals surface area contributed by atoms with Gasteiger partial charge in [-0.1, -0.05) is 6.08 Å². The average Bonchev–Trinajstić information content (AvgIpc) is 2.52. The van der Waals surface area contributed by atoms with Crippen LogP contribution in [0, 0.1) is 0 Å². The number of carbonyl (C=O) groups is 1. The van der Waals surface area contributed by atoms with E-state index in [-0.39, 0.29) is 5.91 Å². The lowest BCUT2D eigenvalue weighted by Crippen LogP contribution is -2.27. The van der Waals surface area contributed by atoms with E-state index in [9.17, 15) is 4.79 Å². The van der Waals surface area contributed by atoms with Crippen LogP contribution in [0.3, 0.4) is 0 Å². The van der Waals surface area contributed by atoms with Crippen molar-refractivity contribution in [1.29, 1.82) is 0 Å². The molecule has 0 unspecified atom stereocenters. The smallest absolute Gasteiger partial charge is 0.227 e. The summed E-state index contributed by atoms with van der Waals surface area (Å²) < 4.78 is 0. The molecule has 0 saturated heterocycles. The molecule has 0 aliphatic carbocycles. The minimum Gasteiger partial charge on any atom is -0.346 e. The standard InChI is InChI=1S/C7H12NO3PS/c9-6(3-5-13)8-4-1-2-7(8)12(10)11/h2,10-11,13H,1,3-5H2. The number of thiol groups is 1. The van der Waals surface area contributed by atoms with Crippen molar-refractivity contribution in [1.82, 2.24) is 4.90 Å². The molecule has 0 fully saturated rings. The SMILES string of the molecule is O=C(CCS)N1CCC=C1P(O)O. The number of hydrogen-bond donors (Lipinski definition) is 3. The van der Waals surface area contributed by atoms with E-state index in [1.807, 2.05) is 0 Å². The lowest BCUT2D eigenvalue weighted by Gasteiger charge is -2.20. The summed E-state index contributed by atoms with van der Waals surface area (Å²) >= 11 is 3.95. The first-order valence-corrected chi connectivity index (χ1v) is 5.84. The molecule has 6 heteroatoms. The number of carbonyl (C=O) groups excluding carboxylic acids is 1. The Morgan fingerprint density at radius 2 is 2.38 bits per heavy atom. The van der Waals surface area contributed by atoms with Crippen LogP contribution in [-0.4, -0.2) is 32.9 Å². The highest BCUT2D eigenvalue weighted by Crippen LogP contribution is 2.40. The Hall–Kier alpha value is -0.0900. The van der Waals surface area contributed by atoms with E-state index < -0.39 is 8.38 Å². The number of hydrogen-bond acceptors (Lipinski definition) is 4. The van der Waals surface area contributed by atoms with Crippen LogP contribution in [0.4, 0.5) is 0 Å². The van der Waals surface area contributed by atoms with E-state index in [0.717, 1.165) is 0 Å². The van der Waals surface area contributed by atoms with E-state index in [1.165, 1.54) is 4.90 Å². The van der Waals surface area contributed by atoms with Crippen molar-refractivity contribution in [2.75, 3.05) is 12.3 Å². The van der Waals surface area contributed by atoms with Crippen molar-refractivity contribution in [2.24, 2.45) is 0 Å². The van der Waals surface area contributed by atoms with Gasteiger partial charge in [0.25, 0.3) is 0 Å². The molecule has 1 rings (SSSR count). The first kappa shape index (κ1) is 11.0. The predicted octanol–water partition coefficient (Wildman–Crippen LogP) is 0.676. The summed E-state index contributed by atoms with van der Waals surface area (Å²) in [6.45, 7) is 0.557. The Kier molecular flexibility index (Phi) is 4.19. The third-order valence-corrected chi connectivity index (χ3v) is 2.85. The van der Waals surface area contributed by atoms with Crippen LogP contribution >= 0.6 is 21.0 Å². The zero-order chi connectivity index (χ0) is 9.84. The third-order valence-electron chi connectivity index (χ3n) is 1.79. The maximum Gasteiger partial charge on any atom is 0.227 e. The maximum absolute atomic E-state index is 11.4. The van der Waals surface area contributed by atoms with Gasteiger partial charge in [-0.05, 0) is 12.2 Å². The fourth-order valence-corrected chi connectivity index (χ4v) is 2.13. The highest BCUT2D eigenvalue weighted by molar-refractivity contribution is 7.80. The molecule has 4 nitrogen and oxygen atoms in total. The molecule has 0 aromatic rings. The molecular weight excluding hydrogens is 209 g/mol. The van der Waals surface area contributed by atoms with Gasteiger partial charge in [0.15, 0.2) is 0 Å². The number of nitrogens with zero attached hydrogens (tertiary/aromatic N) is 1. The molecule has 0 atom stereocenters. The van der Waals surface area contributed by atoms with Gasteiger partial charge < -0.3 is 14.7 Å². The van der Waals surface area contributed by atoms with E-state index >= 15 is 0 Å². The lowest BCUT2D eigenvalue weighted by molar-refractivity contribution is -0.128. The Bertz CT molecular complexity index is 232. The molecule has 0 aromatic carbocycles. The summed E-state index contributed by atoms with van der Waals surface area (Å²) in [6.07, 6.45) is 2.74.